The Hall–Kier alpha value is -2.36. The molecular formula is C18H23N3O. The van der Waals surface area contributed by atoms with Gasteiger partial charge < -0.3 is 5.32 Å². The Morgan fingerprint density at radius 2 is 2.05 bits per heavy atom. The van der Waals surface area contributed by atoms with E-state index < -0.39 is 0 Å². The van der Waals surface area contributed by atoms with Gasteiger partial charge in [0.25, 0.3) is 0 Å². The van der Waals surface area contributed by atoms with Gasteiger partial charge in [-0.05, 0) is 43.5 Å². The van der Waals surface area contributed by atoms with Crippen LogP contribution in [0, 0.1) is 6.92 Å². The van der Waals surface area contributed by atoms with Crippen molar-refractivity contribution in [1.29, 1.82) is 0 Å². The smallest absolute Gasteiger partial charge is 0.248 e. The van der Waals surface area contributed by atoms with E-state index in [4.69, 9.17) is 0 Å². The summed E-state index contributed by atoms with van der Waals surface area (Å²) in [6, 6.07) is 8.04. The van der Waals surface area contributed by atoms with E-state index in [2.05, 4.69) is 29.5 Å². The van der Waals surface area contributed by atoms with Crippen molar-refractivity contribution in [3.63, 3.8) is 0 Å². The summed E-state index contributed by atoms with van der Waals surface area (Å²) in [5, 5.41) is 7.01. The summed E-state index contributed by atoms with van der Waals surface area (Å²) in [6.07, 6.45) is 8.55. The maximum atomic E-state index is 11.9. The Balaban J connectivity index is 1.93. The number of carbonyl (C=O) groups is 1. The number of hydrogen-bond donors (Lipinski definition) is 1. The quantitative estimate of drug-likeness (QED) is 0.826. The minimum atomic E-state index is -0.135. The topological polar surface area (TPSA) is 46.9 Å². The van der Waals surface area contributed by atoms with Gasteiger partial charge in [0.15, 0.2) is 0 Å². The minimum absolute atomic E-state index is 0.135. The van der Waals surface area contributed by atoms with E-state index in [1.807, 2.05) is 26.1 Å². The van der Waals surface area contributed by atoms with Crippen molar-refractivity contribution < 1.29 is 4.79 Å². The van der Waals surface area contributed by atoms with Gasteiger partial charge in [0, 0.05) is 30.1 Å². The highest BCUT2D eigenvalue weighted by Gasteiger charge is 2.02. The zero-order valence-electron chi connectivity index (χ0n) is 13.5. The van der Waals surface area contributed by atoms with Crippen molar-refractivity contribution in [2.45, 2.75) is 33.1 Å². The zero-order valence-corrected chi connectivity index (χ0v) is 13.5. The number of rotatable bonds is 6. The standard InChI is InChI=1S/C18H23N3O/c1-4-5-6-15-7-10-17(11-8-15)20-18(22)12-9-16-13-19-21(3)14(16)2/h7-13H,4-6H2,1-3H3,(H,20,22)/b12-9-. The van der Waals surface area contributed by atoms with E-state index in [0.29, 0.717) is 0 Å². The molecule has 0 saturated heterocycles. The second kappa shape index (κ2) is 7.59. The molecule has 0 atom stereocenters. The number of nitrogens with one attached hydrogen (secondary N) is 1. The fraction of sp³-hybridized carbons (Fsp3) is 0.333. The summed E-state index contributed by atoms with van der Waals surface area (Å²) in [5.41, 5.74) is 4.11. The summed E-state index contributed by atoms with van der Waals surface area (Å²) in [7, 11) is 1.88. The van der Waals surface area contributed by atoms with E-state index >= 15 is 0 Å². The molecule has 0 aliphatic carbocycles. The average molecular weight is 297 g/mol. The van der Waals surface area contributed by atoms with Gasteiger partial charge in [-0.25, -0.2) is 0 Å². The van der Waals surface area contributed by atoms with Crippen LogP contribution in [-0.4, -0.2) is 15.7 Å². The summed E-state index contributed by atoms with van der Waals surface area (Å²) in [4.78, 5) is 11.9. The maximum Gasteiger partial charge on any atom is 0.248 e. The van der Waals surface area contributed by atoms with E-state index in [-0.39, 0.29) is 5.91 Å². The molecule has 0 saturated carbocycles. The van der Waals surface area contributed by atoms with Crippen molar-refractivity contribution in [3.05, 3.63) is 53.4 Å². The number of benzene rings is 1. The average Bonchev–Trinajstić information content (AvgIpc) is 2.84. The number of unbranched alkanes of at least 4 members (excludes halogenated alkanes) is 1. The Kier molecular flexibility index (Phi) is 5.53. The second-order valence-electron chi connectivity index (χ2n) is 5.43. The number of hydrogen-bond acceptors (Lipinski definition) is 2. The van der Waals surface area contributed by atoms with Crippen LogP contribution in [0.4, 0.5) is 5.69 Å². The highest BCUT2D eigenvalue weighted by atomic mass is 16.1. The molecule has 1 heterocycles. The highest BCUT2D eigenvalue weighted by molar-refractivity contribution is 6.01. The molecule has 0 bridgehead atoms. The third-order valence-corrected chi connectivity index (χ3v) is 3.73. The third-order valence-electron chi connectivity index (χ3n) is 3.73. The first-order valence-electron chi connectivity index (χ1n) is 7.66. The molecule has 4 heteroatoms. The van der Waals surface area contributed by atoms with E-state index in [9.17, 15) is 4.79 Å². The van der Waals surface area contributed by atoms with Gasteiger partial charge >= 0.3 is 0 Å². The van der Waals surface area contributed by atoms with Gasteiger partial charge in [-0.3, -0.25) is 9.48 Å². The highest BCUT2D eigenvalue weighted by Crippen LogP contribution is 2.12. The summed E-state index contributed by atoms with van der Waals surface area (Å²) >= 11 is 0. The van der Waals surface area contributed by atoms with Crippen LogP contribution in [0.3, 0.4) is 0 Å². The Labute approximate surface area is 131 Å². The van der Waals surface area contributed by atoms with Crippen molar-refractivity contribution in [2.24, 2.45) is 7.05 Å². The molecule has 2 rings (SSSR count). The fourth-order valence-electron chi connectivity index (χ4n) is 2.16. The lowest BCUT2D eigenvalue weighted by Gasteiger charge is -2.04. The van der Waals surface area contributed by atoms with Crippen LogP contribution in [0.1, 0.15) is 36.6 Å². The fourth-order valence-corrected chi connectivity index (χ4v) is 2.16. The van der Waals surface area contributed by atoms with Gasteiger partial charge in [-0.15, -0.1) is 0 Å². The maximum absolute atomic E-state index is 11.9. The molecule has 1 N–H and O–H groups in total. The van der Waals surface area contributed by atoms with E-state index in [1.54, 1.807) is 17.0 Å². The van der Waals surface area contributed by atoms with Crippen LogP contribution >= 0.6 is 0 Å². The van der Waals surface area contributed by atoms with Gasteiger partial charge in [0.1, 0.15) is 0 Å². The Morgan fingerprint density at radius 3 is 2.64 bits per heavy atom. The monoisotopic (exact) mass is 297 g/mol. The van der Waals surface area contributed by atoms with E-state index in [0.717, 1.165) is 23.4 Å². The second-order valence-corrected chi connectivity index (χ2v) is 5.43. The molecule has 0 unspecified atom stereocenters. The molecule has 1 aromatic heterocycles. The predicted molar refractivity (Wildman–Crippen MR) is 90.7 cm³/mol. The van der Waals surface area contributed by atoms with Crippen LogP contribution in [-0.2, 0) is 18.3 Å². The summed E-state index contributed by atoms with van der Waals surface area (Å²) in [6.45, 7) is 4.16. The zero-order chi connectivity index (χ0) is 15.9. The van der Waals surface area contributed by atoms with Gasteiger partial charge in [-0.2, -0.15) is 5.10 Å². The van der Waals surface area contributed by atoms with Crippen LogP contribution in [0.5, 0.6) is 0 Å². The Morgan fingerprint density at radius 1 is 1.32 bits per heavy atom. The number of anilines is 1. The predicted octanol–water partition coefficient (Wildman–Crippen LogP) is 3.72. The first-order chi connectivity index (χ1) is 10.6. The molecular weight excluding hydrogens is 274 g/mol. The summed E-state index contributed by atoms with van der Waals surface area (Å²) < 4.78 is 1.78. The van der Waals surface area contributed by atoms with Crippen LogP contribution in [0.25, 0.3) is 6.08 Å². The number of carbonyl (C=O) groups excluding carboxylic acids is 1. The molecule has 1 amide bonds. The SMILES string of the molecule is CCCCc1ccc(NC(=O)/C=C\c2cnn(C)c2C)cc1. The first-order valence-corrected chi connectivity index (χ1v) is 7.66. The largest absolute Gasteiger partial charge is 0.323 e. The molecule has 2 aromatic rings. The minimum Gasteiger partial charge on any atom is -0.323 e. The van der Waals surface area contributed by atoms with Crippen LogP contribution in [0.2, 0.25) is 0 Å². The molecule has 116 valence electrons. The number of amides is 1. The molecule has 0 aliphatic heterocycles. The Bertz CT molecular complexity index is 653. The number of aryl methyl sites for hydroxylation is 2. The molecule has 0 spiro atoms. The summed E-state index contributed by atoms with van der Waals surface area (Å²) in [5.74, 6) is -0.135. The molecule has 0 aliphatic rings. The van der Waals surface area contributed by atoms with Gasteiger partial charge in [0.05, 0.1) is 6.20 Å². The normalized spacial score (nSPS) is 11.0. The van der Waals surface area contributed by atoms with Gasteiger partial charge in [0.2, 0.25) is 5.91 Å². The van der Waals surface area contributed by atoms with Crippen molar-refractivity contribution >= 4 is 17.7 Å². The first kappa shape index (κ1) is 16.0. The van der Waals surface area contributed by atoms with Crippen LogP contribution in [0.15, 0.2) is 36.5 Å². The van der Waals surface area contributed by atoms with E-state index in [1.165, 1.54) is 24.5 Å². The molecule has 22 heavy (non-hydrogen) atoms. The van der Waals surface area contributed by atoms with Crippen molar-refractivity contribution in [2.75, 3.05) is 5.32 Å². The number of aromatic nitrogens is 2. The number of nitrogens with zero attached hydrogens (tertiary/aromatic N) is 2. The molecule has 1 aromatic carbocycles. The van der Waals surface area contributed by atoms with Crippen molar-refractivity contribution in [3.8, 4) is 0 Å². The molecule has 0 radical (unpaired) electrons. The third kappa shape index (κ3) is 4.32. The lowest BCUT2D eigenvalue weighted by Crippen LogP contribution is -2.07. The molecule has 4 nitrogen and oxygen atoms in total. The van der Waals surface area contributed by atoms with Crippen molar-refractivity contribution in [1.82, 2.24) is 9.78 Å². The lowest BCUT2D eigenvalue weighted by molar-refractivity contribution is -0.111. The lowest BCUT2D eigenvalue weighted by atomic mass is 10.1. The molecule has 0 fully saturated rings. The van der Waals surface area contributed by atoms with Gasteiger partial charge in [-0.1, -0.05) is 25.5 Å². The van der Waals surface area contributed by atoms with Crippen LogP contribution < -0.4 is 5.32 Å².